The van der Waals surface area contributed by atoms with Crippen LogP contribution < -0.4 is 5.46 Å². The highest BCUT2D eigenvalue weighted by molar-refractivity contribution is 6.58. The number of aryl methyl sites for hydroxylation is 1. The van der Waals surface area contributed by atoms with E-state index in [-0.39, 0.29) is 7.43 Å². The molecule has 292 valence electrons. The van der Waals surface area contributed by atoms with Crippen molar-refractivity contribution in [2.24, 2.45) is 11.8 Å². The number of rotatable bonds is 8. The second-order valence-electron chi connectivity index (χ2n) is 14.8. The smallest absolute Gasteiger partial charge is 0.423 e. The molecule has 55 heavy (non-hydrogen) atoms. The summed E-state index contributed by atoms with van der Waals surface area (Å²) in [5.41, 5.74) is 3.91. The Balaban J connectivity index is 0.000000237. The summed E-state index contributed by atoms with van der Waals surface area (Å²) in [6.45, 7) is 6.08. The minimum absolute atomic E-state index is 0. The van der Waals surface area contributed by atoms with Crippen LogP contribution >= 0.6 is 0 Å². The molecule has 4 aromatic rings. The third-order valence-corrected chi connectivity index (χ3v) is 11.0. The van der Waals surface area contributed by atoms with Crippen molar-refractivity contribution >= 4 is 12.6 Å². The Kier molecular flexibility index (Phi) is 18.1. The molecule has 4 nitrogen and oxygen atoms in total. The quantitative estimate of drug-likeness (QED) is 0.138. The monoisotopic (exact) mass is 754 g/mol. The lowest BCUT2D eigenvalue weighted by Gasteiger charge is -2.28. The summed E-state index contributed by atoms with van der Waals surface area (Å²) in [5.74, 6) is -0.142. The Morgan fingerprint density at radius 2 is 0.945 bits per heavy atom. The van der Waals surface area contributed by atoms with Crippen LogP contribution in [0.15, 0.2) is 72.8 Å². The summed E-state index contributed by atoms with van der Waals surface area (Å²) in [6, 6.07) is 23.5. The van der Waals surface area contributed by atoms with Crippen molar-refractivity contribution in [2.45, 2.75) is 117 Å². The molecular formula is C46H55BF4N2O2. The largest absolute Gasteiger partial charge is 0.488 e. The molecule has 0 saturated heterocycles. The molecule has 2 fully saturated rings. The summed E-state index contributed by atoms with van der Waals surface area (Å²) in [7, 11) is -1.35. The van der Waals surface area contributed by atoms with E-state index in [1.54, 1.807) is 13.0 Å². The third-order valence-electron chi connectivity index (χ3n) is 11.0. The predicted octanol–water partition coefficient (Wildman–Crippen LogP) is 11.8. The van der Waals surface area contributed by atoms with Crippen LogP contribution in [0.5, 0.6) is 0 Å². The van der Waals surface area contributed by atoms with Gasteiger partial charge in [-0.2, -0.15) is 10.5 Å². The molecule has 2 aliphatic carbocycles. The van der Waals surface area contributed by atoms with Crippen molar-refractivity contribution in [3.63, 3.8) is 0 Å². The zero-order chi connectivity index (χ0) is 39.2. The van der Waals surface area contributed by atoms with Crippen LogP contribution in [0.2, 0.25) is 0 Å². The van der Waals surface area contributed by atoms with Gasteiger partial charge < -0.3 is 10.0 Å². The molecule has 0 amide bonds. The van der Waals surface area contributed by atoms with Crippen LogP contribution in [0, 0.1) is 64.7 Å². The first-order chi connectivity index (χ1) is 26.0. The molecule has 9 heteroatoms. The number of hydrogen-bond acceptors (Lipinski definition) is 4. The first-order valence-corrected chi connectivity index (χ1v) is 19.3. The Labute approximate surface area is 326 Å². The SMILES string of the molecule is C.CCCC1CCC(c2ccc(-c3cc(F)c(C#N)c(F)c3)cc2)CC1.CCCC1CCC(c2ccc(B(O)O)cc2)CC1.Cc1cc(F)c(C#N)c(F)c1. The van der Waals surface area contributed by atoms with Crippen LogP contribution in [-0.2, 0) is 0 Å². The standard InChI is InChI=1S/C22H23F2N.C15H23BO2.C8H5F2N.CH4/c1-2-3-15-4-6-16(7-5-15)17-8-10-18(11-9-17)19-12-21(23)20(14-25)22(24)13-19;1-2-3-12-4-6-13(7-5-12)14-8-10-15(11-9-14)16(17)18;1-5-2-7(9)6(4-11)8(10)3-5;/h8-13,15-16H,2-7H2,1H3;8-13,17-18H,2-7H2,1H3;2-3H,1H3;1H4. The number of benzene rings is 4. The average Bonchev–Trinajstić information content (AvgIpc) is 3.16. The first-order valence-electron chi connectivity index (χ1n) is 19.3. The lowest BCUT2D eigenvalue weighted by atomic mass is 9.75. The van der Waals surface area contributed by atoms with Crippen molar-refractivity contribution in [3.8, 4) is 23.3 Å². The highest BCUT2D eigenvalue weighted by Gasteiger charge is 2.23. The van der Waals surface area contributed by atoms with Gasteiger partial charge in [0, 0.05) is 0 Å². The van der Waals surface area contributed by atoms with Crippen LogP contribution in [0.4, 0.5) is 17.6 Å². The summed E-state index contributed by atoms with van der Waals surface area (Å²) in [5, 5.41) is 35.2. The number of halogens is 4. The van der Waals surface area contributed by atoms with Gasteiger partial charge in [0.1, 0.15) is 46.5 Å². The van der Waals surface area contributed by atoms with Crippen LogP contribution in [0.25, 0.3) is 11.1 Å². The van der Waals surface area contributed by atoms with Gasteiger partial charge in [-0.15, -0.1) is 0 Å². The van der Waals surface area contributed by atoms with E-state index < -0.39 is 41.5 Å². The molecule has 0 radical (unpaired) electrons. The van der Waals surface area contributed by atoms with Gasteiger partial charge >= 0.3 is 7.12 Å². The molecular weight excluding hydrogens is 699 g/mol. The van der Waals surface area contributed by atoms with Gasteiger partial charge in [-0.05, 0) is 140 Å². The van der Waals surface area contributed by atoms with E-state index in [0.717, 1.165) is 29.5 Å². The molecule has 0 spiro atoms. The van der Waals surface area contributed by atoms with E-state index in [0.29, 0.717) is 28.4 Å². The number of hydrogen-bond donors (Lipinski definition) is 2. The highest BCUT2D eigenvalue weighted by atomic mass is 19.1. The maximum Gasteiger partial charge on any atom is 0.488 e. The van der Waals surface area contributed by atoms with Gasteiger partial charge in [-0.1, -0.05) is 95.5 Å². The second kappa shape index (κ2) is 22.2. The van der Waals surface area contributed by atoms with Crippen LogP contribution in [0.1, 0.15) is 138 Å². The fourth-order valence-corrected chi connectivity index (χ4v) is 7.93. The topological polar surface area (TPSA) is 88.0 Å². The molecule has 0 unspecified atom stereocenters. The Bertz CT molecular complexity index is 1820. The first kappa shape index (κ1) is 45.0. The van der Waals surface area contributed by atoms with E-state index >= 15 is 0 Å². The zero-order valence-corrected chi connectivity index (χ0v) is 31.6. The fourth-order valence-electron chi connectivity index (χ4n) is 7.93. The van der Waals surface area contributed by atoms with Gasteiger partial charge in [0.15, 0.2) is 0 Å². The second-order valence-corrected chi connectivity index (χ2v) is 14.8. The maximum absolute atomic E-state index is 13.8. The Morgan fingerprint density at radius 3 is 1.29 bits per heavy atom. The van der Waals surface area contributed by atoms with Crippen molar-refractivity contribution in [3.05, 3.63) is 124 Å². The van der Waals surface area contributed by atoms with Crippen LogP contribution in [0.3, 0.4) is 0 Å². The lowest BCUT2D eigenvalue weighted by Crippen LogP contribution is -2.29. The fraction of sp³-hybridized carbons (Fsp3) is 0.435. The third kappa shape index (κ3) is 12.8. The van der Waals surface area contributed by atoms with E-state index in [1.807, 2.05) is 24.3 Å². The normalized spacial score (nSPS) is 18.9. The van der Waals surface area contributed by atoms with Crippen molar-refractivity contribution in [1.29, 1.82) is 10.5 Å². The van der Waals surface area contributed by atoms with E-state index in [2.05, 4.69) is 38.1 Å². The molecule has 0 aliphatic heterocycles. The summed E-state index contributed by atoms with van der Waals surface area (Å²) < 4.78 is 52.9. The molecule has 2 N–H and O–H groups in total. The number of nitrogens with zero attached hydrogens (tertiary/aromatic N) is 2. The van der Waals surface area contributed by atoms with Gasteiger partial charge in [0.05, 0.1) is 0 Å². The Morgan fingerprint density at radius 1 is 0.582 bits per heavy atom. The van der Waals surface area contributed by atoms with E-state index in [4.69, 9.17) is 20.6 Å². The van der Waals surface area contributed by atoms with Crippen LogP contribution in [-0.4, -0.2) is 17.2 Å². The van der Waals surface area contributed by atoms with Gasteiger partial charge in [0.25, 0.3) is 0 Å². The zero-order valence-electron chi connectivity index (χ0n) is 31.6. The molecule has 0 aromatic heterocycles. The van der Waals surface area contributed by atoms with Gasteiger partial charge in [0.2, 0.25) is 0 Å². The molecule has 2 saturated carbocycles. The van der Waals surface area contributed by atoms with E-state index in [9.17, 15) is 17.6 Å². The predicted molar refractivity (Wildman–Crippen MR) is 215 cm³/mol. The number of nitriles is 2. The summed E-state index contributed by atoms with van der Waals surface area (Å²) in [4.78, 5) is 0. The molecule has 0 atom stereocenters. The summed E-state index contributed by atoms with van der Waals surface area (Å²) in [6.07, 6.45) is 15.6. The molecule has 0 bridgehead atoms. The van der Waals surface area contributed by atoms with Gasteiger partial charge in [-0.3, -0.25) is 0 Å². The Hall–Kier alpha value is -4.44. The van der Waals surface area contributed by atoms with Crippen molar-refractivity contribution in [2.75, 3.05) is 0 Å². The maximum atomic E-state index is 13.8. The molecule has 6 rings (SSSR count). The summed E-state index contributed by atoms with van der Waals surface area (Å²) >= 11 is 0. The van der Waals surface area contributed by atoms with Crippen molar-refractivity contribution < 1.29 is 27.6 Å². The molecule has 0 heterocycles. The highest BCUT2D eigenvalue weighted by Crippen LogP contribution is 2.39. The van der Waals surface area contributed by atoms with Crippen molar-refractivity contribution in [1.82, 2.24) is 0 Å². The molecule has 2 aliphatic rings. The average molecular weight is 755 g/mol. The van der Waals surface area contributed by atoms with Gasteiger partial charge in [-0.25, -0.2) is 17.6 Å². The minimum Gasteiger partial charge on any atom is -0.423 e. The minimum atomic E-state index is -1.35. The lowest BCUT2D eigenvalue weighted by molar-refractivity contribution is 0.308. The van der Waals surface area contributed by atoms with E-state index in [1.165, 1.54) is 106 Å². The molecule has 4 aromatic carbocycles.